The van der Waals surface area contributed by atoms with Crippen LogP contribution in [0.1, 0.15) is 34.6 Å². The number of benzene rings is 2. The van der Waals surface area contributed by atoms with Crippen molar-refractivity contribution in [3.05, 3.63) is 65.5 Å². The van der Waals surface area contributed by atoms with E-state index in [0.29, 0.717) is 18.5 Å². The van der Waals surface area contributed by atoms with E-state index in [1.807, 2.05) is 37.4 Å². The summed E-state index contributed by atoms with van der Waals surface area (Å²) in [5, 5.41) is 11.8. The molecule has 3 aromatic rings. The number of aromatic nitrogens is 2. The maximum atomic E-state index is 12.4. The largest absolute Gasteiger partial charge is 0.481 e. The molecule has 0 unspecified atom stereocenters. The van der Waals surface area contributed by atoms with Gasteiger partial charge in [0.15, 0.2) is 0 Å². The monoisotopic (exact) mass is 365 g/mol. The summed E-state index contributed by atoms with van der Waals surface area (Å²) < 4.78 is 2.08. The van der Waals surface area contributed by atoms with Gasteiger partial charge in [-0.15, -0.1) is 0 Å². The number of hydrogen-bond donors (Lipinski definition) is 2. The van der Waals surface area contributed by atoms with Crippen LogP contribution >= 0.6 is 0 Å². The van der Waals surface area contributed by atoms with Crippen molar-refractivity contribution in [1.29, 1.82) is 0 Å². The second kappa shape index (κ2) is 8.49. The second-order valence-corrected chi connectivity index (χ2v) is 6.49. The van der Waals surface area contributed by atoms with Gasteiger partial charge in [0, 0.05) is 32.0 Å². The summed E-state index contributed by atoms with van der Waals surface area (Å²) in [6, 6.07) is 15.2. The van der Waals surface area contributed by atoms with Gasteiger partial charge < -0.3 is 15.0 Å². The number of hydrogen-bond acceptors (Lipinski definition) is 3. The minimum absolute atomic E-state index is 0.0109. The van der Waals surface area contributed by atoms with Crippen LogP contribution in [0.2, 0.25) is 0 Å². The second-order valence-electron chi connectivity index (χ2n) is 6.49. The van der Waals surface area contributed by atoms with Gasteiger partial charge in [-0.3, -0.25) is 9.59 Å². The van der Waals surface area contributed by atoms with Crippen molar-refractivity contribution in [3.8, 4) is 0 Å². The van der Waals surface area contributed by atoms with Crippen molar-refractivity contribution >= 4 is 22.9 Å². The lowest BCUT2D eigenvalue weighted by molar-refractivity contribution is -0.136. The zero-order valence-corrected chi connectivity index (χ0v) is 15.3. The number of nitrogens with zero attached hydrogens (tertiary/aromatic N) is 2. The van der Waals surface area contributed by atoms with Gasteiger partial charge in [-0.2, -0.15) is 0 Å². The van der Waals surface area contributed by atoms with Crippen LogP contribution in [0.4, 0.5) is 0 Å². The van der Waals surface area contributed by atoms with Crippen molar-refractivity contribution in [3.63, 3.8) is 0 Å². The number of fused-ring (bicyclic) bond motifs is 1. The van der Waals surface area contributed by atoms with Crippen LogP contribution in [-0.2, 0) is 24.7 Å². The third-order valence-corrected chi connectivity index (χ3v) is 4.61. The number of rotatable bonds is 8. The van der Waals surface area contributed by atoms with Crippen LogP contribution in [0, 0.1) is 0 Å². The molecule has 2 aromatic carbocycles. The average Bonchev–Trinajstić information content (AvgIpc) is 2.99. The molecule has 0 spiro atoms. The minimum Gasteiger partial charge on any atom is -0.481 e. The molecule has 0 atom stereocenters. The summed E-state index contributed by atoms with van der Waals surface area (Å²) in [6.45, 7) is 0.537. The fourth-order valence-corrected chi connectivity index (χ4v) is 3.16. The molecule has 1 heterocycles. The Balaban J connectivity index is 1.55. The first-order chi connectivity index (χ1) is 13.1. The van der Waals surface area contributed by atoms with Gasteiger partial charge in [-0.1, -0.05) is 30.3 Å². The van der Waals surface area contributed by atoms with Gasteiger partial charge in [0.25, 0.3) is 5.91 Å². The maximum absolute atomic E-state index is 12.4. The van der Waals surface area contributed by atoms with E-state index in [-0.39, 0.29) is 12.3 Å². The van der Waals surface area contributed by atoms with Crippen molar-refractivity contribution in [2.45, 2.75) is 25.7 Å². The first-order valence-corrected chi connectivity index (χ1v) is 9.04. The molecule has 0 aliphatic rings. The number of amides is 1. The van der Waals surface area contributed by atoms with Crippen LogP contribution in [0.3, 0.4) is 0 Å². The lowest BCUT2D eigenvalue weighted by atomic mass is 10.0. The standard InChI is InChI=1S/C21H23N3O3/c1-24-18-10-5-4-9-17(18)23-19(24)11-6-14-22-21(27)16-8-3-2-7-15(16)12-13-20(25)26/h2-5,7-10H,6,11-14H2,1H3,(H,22,27)(H,25,26). The summed E-state index contributed by atoms with van der Waals surface area (Å²) in [5.74, 6) is -0.0408. The first kappa shape index (κ1) is 18.6. The zero-order valence-electron chi connectivity index (χ0n) is 15.3. The van der Waals surface area contributed by atoms with E-state index in [0.717, 1.165) is 35.3 Å². The van der Waals surface area contributed by atoms with Crippen LogP contribution in [0.25, 0.3) is 11.0 Å². The van der Waals surface area contributed by atoms with E-state index in [1.165, 1.54) is 0 Å². The van der Waals surface area contributed by atoms with E-state index in [1.54, 1.807) is 18.2 Å². The molecule has 0 radical (unpaired) electrons. The summed E-state index contributed by atoms with van der Waals surface area (Å²) in [4.78, 5) is 27.9. The number of aryl methyl sites for hydroxylation is 3. The number of carboxylic acid groups (broad SMARTS) is 1. The van der Waals surface area contributed by atoms with E-state index >= 15 is 0 Å². The fourth-order valence-electron chi connectivity index (χ4n) is 3.16. The van der Waals surface area contributed by atoms with Gasteiger partial charge in [-0.05, 0) is 36.6 Å². The van der Waals surface area contributed by atoms with Crippen molar-refractivity contribution in [1.82, 2.24) is 14.9 Å². The van der Waals surface area contributed by atoms with Gasteiger partial charge in [0.1, 0.15) is 5.82 Å². The average molecular weight is 365 g/mol. The summed E-state index contributed by atoms with van der Waals surface area (Å²) in [6.07, 6.45) is 1.90. The predicted molar refractivity (Wildman–Crippen MR) is 104 cm³/mol. The number of nitrogens with one attached hydrogen (secondary N) is 1. The van der Waals surface area contributed by atoms with Crippen LogP contribution in [0.15, 0.2) is 48.5 Å². The SMILES string of the molecule is Cn1c(CCCNC(=O)c2ccccc2CCC(=O)O)nc2ccccc21. The van der Waals surface area contributed by atoms with Crippen molar-refractivity contribution < 1.29 is 14.7 Å². The van der Waals surface area contributed by atoms with Crippen LogP contribution in [-0.4, -0.2) is 33.1 Å². The Kier molecular flexibility index (Phi) is 5.86. The summed E-state index contributed by atoms with van der Waals surface area (Å²) in [7, 11) is 2.00. The molecule has 0 saturated carbocycles. The highest BCUT2D eigenvalue weighted by Gasteiger charge is 2.12. The molecule has 140 valence electrons. The van der Waals surface area contributed by atoms with E-state index in [9.17, 15) is 9.59 Å². The zero-order chi connectivity index (χ0) is 19.2. The lowest BCUT2D eigenvalue weighted by Crippen LogP contribution is -2.26. The number of carboxylic acids is 1. The summed E-state index contributed by atoms with van der Waals surface area (Å²) >= 11 is 0. The number of para-hydroxylation sites is 2. The van der Waals surface area contributed by atoms with Gasteiger partial charge >= 0.3 is 5.97 Å². The highest BCUT2D eigenvalue weighted by Crippen LogP contribution is 2.15. The van der Waals surface area contributed by atoms with E-state index in [2.05, 4.69) is 14.9 Å². The third kappa shape index (κ3) is 4.53. The molecule has 0 saturated heterocycles. The van der Waals surface area contributed by atoms with Crippen LogP contribution < -0.4 is 5.32 Å². The number of aliphatic carboxylic acids is 1. The van der Waals surface area contributed by atoms with Gasteiger partial charge in [-0.25, -0.2) is 4.98 Å². The first-order valence-electron chi connectivity index (χ1n) is 9.04. The topological polar surface area (TPSA) is 84.2 Å². The fraction of sp³-hybridized carbons (Fsp3) is 0.286. The molecule has 2 N–H and O–H groups in total. The molecule has 27 heavy (non-hydrogen) atoms. The highest BCUT2D eigenvalue weighted by molar-refractivity contribution is 5.95. The normalized spacial score (nSPS) is 10.9. The molecule has 1 aromatic heterocycles. The number of carbonyl (C=O) groups excluding carboxylic acids is 1. The Morgan fingerprint density at radius 1 is 1.07 bits per heavy atom. The molecule has 6 nitrogen and oxygen atoms in total. The Morgan fingerprint density at radius 2 is 1.81 bits per heavy atom. The smallest absolute Gasteiger partial charge is 0.303 e. The molecule has 0 fully saturated rings. The molecule has 0 aliphatic carbocycles. The Hall–Kier alpha value is -3.15. The van der Waals surface area contributed by atoms with Gasteiger partial charge in [0.2, 0.25) is 0 Å². The Morgan fingerprint density at radius 3 is 2.59 bits per heavy atom. The lowest BCUT2D eigenvalue weighted by Gasteiger charge is -2.09. The molecular weight excluding hydrogens is 342 g/mol. The molecular formula is C21H23N3O3. The predicted octanol–water partition coefficient (Wildman–Crippen LogP) is 2.95. The van der Waals surface area contributed by atoms with Gasteiger partial charge in [0.05, 0.1) is 11.0 Å². The molecule has 0 bridgehead atoms. The minimum atomic E-state index is -0.868. The van der Waals surface area contributed by atoms with Crippen molar-refractivity contribution in [2.75, 3.05) is 6.54 Å². The third-order valence-electron chi connectivity index (χ3n) is 4.61. The highest BCUT2D eigenvalue weighted by atomic mass is 16.4. The molecule has 6 heteroatoms. The van der Waals surface area contributed by atoms with E-state index < -0.39 is 5.97 Å². The maximum Gasteiger partial charge on any atom is 0.303 e. The number of carbonyl (C=O) groups is 2. The molecule has 3 rings (SSSR count). The quantitative estimate of drug-likeness (QED) is 0.601. The number of imidazole rings is 1. The Labute approximate surface area is 157 Å². The summed E-state index contributed by atoms with van der Waals surface area (Å²) in [5.41, 5.74) is 3.38. The Bertz CT molecular complexity index is 962. The van der Waals surface area contributed by atoms with E-state index in [4.69, 9.17) is 5.11 Å². The molecule has 0 aliphatic heterocycles. The molecule has 1 amide bonds. The van der Waals surface area contributed by atoms with Crippen molar-refractivity contribution in [2.24, 2.45) is 7.05 Å². The van der Waals surface area contributed by atoms with Crippen LogP contribution in [0.5, 0.6) is 0 Å².